The smallest absolute Gasteiger partial charge is 0.284 e. The molecule has 1 rings (SSSR count). The minimum atomic E-state index is -2.85. The highest BCUT2D eigenvalue weighted by molar-refractivity contribution is 5.47. The Labute approximate surface area is 84.7 Å². The number of aliphatic hydroxyl groups excluding tert-OH is 1. The molecule has 0 aliphatic carbocycles. The number of halogens is 2. The topological polar surface area (TPSA) is 66.1 Å². The number of rotatable bonds is 3. The minimum absolute atomic E-state index is 0.0163. The Bertz CT molecular complexity index is 402. The van der Waals surface area contributed by atoms with E-state index in [4.69, 9.17) is 10.4 Å². The summed E-state index contributed by atoms with van der Waals surface area (Å²) in [6.45, 7) is -0.502. The van der Waals surface area contributed by atoms with Crippen molar-refractivity contribution in [1.82, 2.24) is 4.98 Å². The Morgan fingerprint density at radius 2 is 2.33 bits per heavy atom. The van der Waals surface area contributed by atoms with Crippen molar-refractivity contribution in [1.29, 1.82) is 5.26 Å². The minimum Gasteiger partial charge on any atom is -0.493 e. The van der Waals surface area contributed by atoms with Gasteiger partial charge in [-0.25, -0.2) is 13.8 Å². The molecule has 1 aromatic rings. The van der Waals surface area contributed by atoms with E-state index in [2.05, 4.69) is 9.72 Å². The molecule has 0 unspecified atom stereocenters. The second kappa shape index (κ2) is 4.66. The van der Waals surface area contributed by atoms with Crippen molar-refractivity contribution in [2.45, 2.75) is 13.0 Å². The van der Waals surface area contributed by atoms with E-state index in [1.165, 1.54) is 13.2 Å². The Morgan fingerprint density at radius 1 is 1.67 bits per heavy atom. The summed E-state index contributed by atoms with van der Waals surface area (Å²) in [5.41, 5.74) is -0.671. The van der Waals surface area contributed by atoms with Crippen molar-refractivity contribution < 1.29 is 18.6 Å². The first-order valence-corrected chi connectivity index (χ1v) is 4.01. The van der Waals surface area contributed by atoms with Gasteiger partial charge in [0.05, 0.1) is 25.0 Å². The number of aromatic nitrogens is 1. The zero-order valence-electron chi connectivity index (χ0n) is 7.87. The van der Waals surface area contributed by atoms with Crippen LogP contribution in [0.5, 0.6) is 5.75 Å². The Hall–Kier alpha value is -1.74. The van der Waals surface area contributed by atoms with Crippen molar-refractivity contribution in [2.24, 2.45) is 0 Å². The molecule has 0 aromatic carbocycles. The molecule has 1 aromatic heterocycles. The maximum Gasteiger partial charge on any atom is 0.284 e. The molecule has 0 saturated heterocycles. The highest BCUT2D eigenvalue weighted by Gasteiger charge is 2.20. The summed E-state index contributed by atoms with van der Waals surface area (Å²) in [7, 11) is 1.18. The molecule has 0 spiro atoms. The van der Waals surface area contributed by atoms with Crippen LogP contribution in [0, 0.1) is 11.3 Å². The van der Waals surface area contributed by atoms with Crippen LogP contribution in [0.1, 0.15) is 23.4 Å². The number of alkyl halides is 2. The first kappa shape index (κ1) is 11.3. The monoisotopic (exact) mass is 214 g/mol. The predicted molar refractivity (Wildman–Crippen MR) is 46.4 cm³/mol. The molecule has 1 N–H and O–H groups in total. The maximum absolute atomic E-state index is 12.5. The molecular formula is C9H8F2N2O2. The van der Waals surface area contributed by atoms with E-state index in [1.54, 1.807) is 6.07 Å². The summed E-state index contributed by atoms with van der Waals surface area (Å²) < 4.78 is 29.7. The van der Waals surface area contributed by atoms with Gasteiger partial charge < -0.3 is 9.84 Å². The quantitative estimate of drug-likeness (QED) is 0.825. The number of pyridine rings is 1. The summed E-state index contributed by atoms with van der Waals surface area (Å²) >= 11 is 0. The largest absolute Gasteiger partial charge is 0.493 e. The zero-order chi connectivity index (χ0) is 11.4. The molecule has 15 heavy (non-hydrogen) atoms. The number of hydrogen-bond acceptors (Lipinski definition) is 4. The molecule has 0 aliphatic rings. The van der Waals surface area contributed by atoms with Crippen LogP contribution >= 0.6 is 0 Å². The molecule has 0 atom stereocenters. The average molecular weight is 214 g/mol. The predicted octanol–water partition coefficient (Wildman–Crippen LogP) is 1.39. The Balaban J connectivity index is 3.41. The lowest BCUT2D eigenvalue weighted by molar-refractivity contribution is 0.140. The van der Waals surface area contributed by atoms with E-state index in [-0.39, 0.29) is 17.0 Å². The van der Waals surface area contributed by atoms with Gasteiger partial charge in [0, 0.05) is 0 Å². The van der Waals surface area contributed by atoms with E-state index < -0.39 is 18.7 Å². The van der Waals surface area contributed by atoms with Gasteiger partial charge in [0.15, 0.2) is 5.75 Å². The van der Waals surface area contributed by atoms with E-state index in [1.807, 2.05) is 0 Å². The van der Waals surface area contributed by atoms with E-state index >= 15 is 0 Å². The number of hydrogen-bond donors (Lipinski definition) is 1. The SMILES string of the molecule is COc1c(C#N)cc(CO)nc1C(F)F. The van der Waals surface area contributed by atoms with Gasteiger partial charge in [-0.1, -0.05) is 0 Å². The lowest BCUT2D eigenvalue weighted by Gasteiger charge is -2.09. The van der Waals surface area contributed by atoms with Crippen LogP contribution in [-0.4, -0.2) is 17.2 Å². The van der Waals surface area contributed by atoms with Crippen molar-refractivity contribution >= 4 is 0 Å². The molecule has 0 bridgehead atoms. The van der Waals surface area contributed by atoms with Crippen LogP contribution in [0.25, 0.3) is 0 Å². The molecule has 0 saturated carbocycles. The summed E-state index contributed by atoms with van der Waals surface area (Å²) in [6.07, 6.45) is -2.85. The van der Waals surface area contributed by atoms with Gasteiger partial charge in [-0.2, -0.15) is 5.26 Å². The summed E-state index contributed by atoms with van der Waals surface area (Å²) in [5.74, 6) is -0.246. The van der Waals surface area contributed by atoms with Gasteiger partial charge in [-0.05, 0) is 6.07 Å². The van der Waals surface area contributed by atoms with Crippen LogP contribution < -0.4 is 4.74 Å². The molecule has 0 fully saturated rings. The van der Waals surface area contributed by atoms with E-state index in [0.717, 1.165) is 0 Å². The van der Waals surface area contributed by atoms with E-state index in [0.29, 0.717) is 0 Å². The third-order valence-corrected chi connectivity index (χ3v) is 1.75. The first-order chi connectivity index (χ1) is 7.13. The number of ether oxygens (including phenoxy) is 1. The van der Waals surface area contributed by atoms with Crippen LogP contribution in [0.3, 0.4) is 0 Å². The third kappa shape index (κ3) is 2.19. The van der Waals surface area contributed by atoms with Crippen molar-refractivity contribution in [2.75, 3.05) is 7.11 Å². The third-order valence-electron chi connectivity index (χ3n) is 1.75. The zero-order valence-corrected chi connectivity index (χ0v) is 7.87. The number of nitrogens with zero attached hydrogens (tertiary/aromatic N) is 2. The van der Waals surface area contributed by atoms with Crippen LogP contribution in [0.15, 0.2) is 6.07 Å². The lowest BCUT2D eigenvalue weighted by Crippen LogP contribution is -2.03. The first-order valence-electron chi connectivity index (χ1n) is 4.01. The van der Waals surface area contributed by atoms with Crippen LogP contribution in [0.4, 0.5) is 8.78 Å². The van der Waals surface area contributed by atoms with Gasteiger partial charge in [0.25, 0.3) is 6.43 Å². The second-order valence-corrected chi connectivity index (χ2v) is 2.65. The molecule has 6 heteroatoms. The number of aliphatic hydroxyl groups is 1. The fraction of sp³-hybridized carbons (Fsp3) is 0.333. The Morgan fingerprint density at radius 3 is 2.73 bits per heavy atom. The molecule has 0 amide bonds. The van der Waals surface area contributed by atoms with Crippen LogP contribution in [-0.2, 0) is 6.61 Å². The standard InChI is InChI=1S/C9H8F2N2O2/c1-15-8-5(3-12)2-6(4-14)13-7(8)9(10)11/h2,9,14H,4H2,1H3. The molecule has 1 heterocycles. The molecule has 80 valence electrons. The molecule has 0 radical (unpaired) electrons. The highest BCUT2D eigenvalue weighted by atomic mass is 19.3. The fourth-order valence-corrected chi connectivity index (χ4v) is 1.13. The van der Waals surface area contributed by atoms with Crippen molar-refractivity contribution in [3.63, 3.8) is 0 Å². The number of nitriles is 1. The van der Waals surface area contributed by atoms with Gasteiger partial charge in [0.1, 0.15) is 11.8 Å². The highest BCUT2D eigenvalue weighted by Crippen LogP contribution is 2.30. The fourth-order valence-electron chi connectivity index (χ4n) is 1.13. The van der Waals surface area contributed by atoms with Gasteiger partial charge in [0.2, 0.25) is 0 Å². The maximum atomic E-state index is 12.5. The van der Waals surface area contributed by atoms with Gasteiger partial charge in [-0.3, -0.25) is 0 Å². The summed E-state index contributed by atoms with van der Waals surface area (Å²) in [4.78, 5) is 3.49. The Kier molecular flexibility index (Phi) is 3.52. The van der Waals surface area contributed by atoms with Gasteiger partial charge >= 0.3 is 0 Å². The lowest BCUT2D eigenvalue weighted by atomic mass is 10.2. The van der Waals surface area contributed by atoms with Gasteiger partial charge in [-0.15, -0.1) is 0 Å². The van der Waals surface area contributed by atoms with Crippen molar-refractivity contribution in [3.8, 4) is 11.8 Å². The normalized spacial score (nSPS) is 10.1. The molecule has 0 aliphatic heterocycles. The molecular weight excluding hydrogens is 206 g/mol. The molecule has 4 nitrogen and oxygen atoms in total. The van der Waals surface area contributed by atoms with E-state index in [9.17, 15) is 8.78 Å². The summed E-state index contributed by atoms with van der Waals surface area (Å²) in [5, 5.41) is 17.5. The average Bonchev–Trinajstić information content (AvgIpc) is 2.26. The second-order valence-electron chi connectivity index (χ2n) is 2.65. The summed E-state index contributed by atoms with van der Waals surface area (Å²) in [6, 6.07) is 2.92. The van der Waals surface area contributed by atoms with Crippen LogP contribution in [0.2, 0.25) is 0 Å². The number of methoxy groups -OCH3 is 1. The van der Waals surface area contributed by atoms with Crippen molar-refractivity contribution in [3.05, 3.63) is 23.0 Å².